The molecule has 2 aromatic rings. The molecule has 0 amide bonds. The van der Waals surface area contributed by atoms with E-state index in [1.54, 1.807) is 0 Å². The Morgan fingerprint density at radius 1 is 1.37 bits per heavy atom. The lowest BCUT2D eigenvalue weighted by Gasteiger charge is -2.10. The van der Waals surface area contributed by atoms with Crippen LogP contribution in [0.2, 0.25) is 0 Å². The number of rotatable bonds is 5. The summed E-state index contributed by atoms with van der Waals surface area (Å²) in [6.07, 6.45) is 2.09. The van der Waals surface area contributed by atoms with Crippen molar-refractivity contribution in [1.82, 2.24) is 0 Å². The molecule has 1 aromatic heterocycles. The third-order valence-corrected chi connectivity index (χ3v) is 4.00. The molecule has 1 aliphatic carbocycles. The fraction of sp³-hybridized carbons (Fsp3) is 0.500. The van der Waals surface area contributed by atoms with Crippen molar-refractivity contribution in [3.63, 3.8) is 0 Å². The van der Waals surface area contributed by atoms with Crippen LogP contribution in [0.4, 0.5) is 0 Å². The van der Waals surface area contributed by atoms with E-state index in [9.17, 15) is 0 Å². The van der Waals surface area contributed by atoms with E-state index < -0.39 is 0 Å². The zero-order valence-electron chi connectivity index (χ0n) is 11.6. The predicted octanol–water partition coefficient (Wildman–Crippen LogP) is 3.46. The third-order valence-electron chi connectivity index (χ3n) is 4.00. The highest BCUT2D eigenvalue weighted by atomic mass is 16.5. The molecule has 2 atom stereocenters. The summed E-state index contributed by atoms with van der Waals surface area (Å²) in [7, 11) is 0. The summed E-state index contributed by atoms with van der Waals surface area (Å²) in [5, 5.41) is 1.21. The van der Waals surface area contributed by atoms with Crippen LogP contribution in [-0.4, -0.2) is 13.2 Å². The molecule has 3 nitrogen and oxygen atoms in total. The van der Waals surface area contributed by atoms with Crippen LogP contribution in [0.5, 0.6) is 5.75 Å². The Kier molecular flexibility index (Phi) is 3.23. The van der Waals surface area contributed by atoms with Gasteiger partial charge in [0.25, 0.3) is 0 Å². The lowest BCUT2D eigenvalue weighted by atomic mass is 10.0. The number of ether oxygens (including phenoxy) is 1. The number of hydrogen-bond acceptors (Lipinski definition) is 3. The van der Waals surface area contributed by atoms with E-state index in [0.717, 1.165) is 30.1 Å². The van der Waals surface area contributed by atoms with Gasteiger partial charge in [-0.3, -0.25) is 0 Å². The van der Waals surface area contributed by atoms with Gasteiger partial charge in [0.15, 0.2) is 0 Å². The normalized spacial score (nSPS) is 21.8. The fourth-order valence-electron chi connectivity index (χ4n) is 2.87. The highest BCUT2D eigenvalue weighted by Gasteiger charge is 2.40. The van der Waals surface area contributed by atoms with E-state index in [0.29, 0.717) is 18.4 Å². The topological polar surface area (TPSA) is 48.4 Å². The Morgan fingerprint density at radius 3 is 2.84 bits per heavy atom. The van der Waals surface area contributed by atoms with Crippen LogP contribution in [0.15, 0.2) is 22.6 Å². The Balaban J connectivity index is 2.11. The second-order valence-corrected chi connectivity index (χ2v) is 5.23. The van der Waals surface area contributed by atoms with Gasteiger partial charge in [0.2, 0.25) is 0 Å². The van der Waals surface area contributed by atoms with Gasteiger partial charge in [-0.25, -0.2) is 0 Å². The van der Waals surface area contributed by atoms with E-state index in [1.807, 2.05) is 19.1 Å². The first kappa shape index (κ1) is 12.5. The van der Waals surface area contributed by atoms with E-state index >= 15 is 0 Å². The van der Waals surface area contributed by atoms with Crippen LogP contribution in [0, 0.1) is 5.92 Å². The molecule has 19 heavy (non-hydrogen) atoms. The number of benzene rings is 1. The molecule has 0 aliphatic heterocycles. The lowest BCUT2D eigenvalue weighted by Crippen LogP contribution is -2.03. The summed E-state index contributed by atoms with van der Waals surface area (Å²) in [5.41, 5.74) is 8.07. The Morgan fingerprint density at radius 2 is 2.21 bits per heavy atom. The van der Waals surface area contributed by atoms with E-state index in [-0.39, 0.29) is 0 Å². The number of nitrogens with two attached hydrogens (primary N) is 1. The van der Waals surface area contributed by atoms with Crippen molar-refractivity contribution in [2.75, 3.05) is 13.2 Å². The van der Waals surface area contributed by atoms with Gasteiger partial charge in [0.05, 0.1) is 6.61 Å². The molecule has 1 aromatic carbocycles. The van der Waals surface area contributed by atoms with E-state index in [1.165, 1.54) is 17.4 Å². The maximum Gasteiger partial charge on any atom is 0.134 e. The van der Waals surface area contributed by atoms with Crippen LogP contribution in [0.3, 0.4) is 0 Å². The maximum absolute atomic E-state index is 5.85. The lowest BCUT2D eigenvalue weighted by molar-refractivity contribution is 0.337. The summed E-state index contributed by atoms with van der Waals surface area (Å²) < 4.78 is 11.7. The second kappa shape index (κ2) is 4.89. The molecule has 0 bridgehead atoms. The van der Waals surface area contributed by atoms with Crippen molar-refractivity contribution in [2.24, 2.45) is 11.7 Å². The molecular formula is C16H21NO2. The van der Waals surface area contributed by atoms with Gasteiger partial charge < -0.3 is 14.9 Å². The van der Waals surface area contributed by atoms with Crippen molar-refractivity contribution in [2.45, 2.75) is 32.6 Å². The first-order valence-corrected chi connectivity index (χ1v) is 7.16. The van der Waals surface area contributed by atoms with Crippen LogP contribution in [0.1, 0.15) is 37.5 Å². The summed E-state index contributed by atoms with van der Waals surface area (Å²) in [4.78, 5) is 0. The molecule has 1 fully saturated rings. The van der Waals surface area contributed by atoms with E-state index in [2.05, 4.69) is 13.0 Å². The third kappa shape index (κ3) is 2.12. The molecule has 0 radical (unpaired) electrons. The average Bonchev–Trinajstić information content (AvgIpc) is 3.08. The Labute approximate surface area is 113 Å². The van der Waals surface area contributed by atoms with Crippen molar-refractivity contribution in [3.05, 3.63) is 29.5 Å². The van der Waals surface area contributed by atoms with Gasteiger partial charge in [-0.05, 0) is 49.9 Å². The quantitative estimate of drug-likeness (QED) is 0.894. The average molecular weight is 259 g/mol. The largest absolute Gasteiger partial charge is 0.494 e. The number of hydrogen-bond donors (Lipinski definition) is 1. The molecule has 2 N–H and O–H groups in total. The van der Waals surface area contributed by atoms with Crippen LogP contribution in [-0.2, 0) is 6.42 Å². The maximum atomic E-state index is 5.85. The van der Waals surface area contributed by atoms with Crippen LogP contribution >= 0.6 is 0 Å². The summed E-state index contributed by atoms with van der Waals surface area (Å²) >= 11 is 0. The number of fused-ring (bicyclic) bond motifs is 1. The Bertz CT molecular complexity index is 588. The molecule has 102 valence electrons. The van der Waals surface area contributed by atoms with Gasteiger partial charge in [0.1, 0.15) is 17.1 Å². The molecule has 1 aliphatic rings. The summed E-state index contributed by atoms with van der Waals surface area (Å²) in [6, 6.07) is 6.22. The molecule has 0 saturated heterocycles. The minimum Gasteiger partial charge on any atom is -0.494 e. The SMILES string of the molecule is CCOc1ccc2oc(CC)cc2c1[C@H]1C[C@@H]1CN. The molecule has 3 heteroatoms. The minimum atomic E-state index is 0.539. The van der Waals surface area contributed by atoms with Gasteiger partial charge in [-0.2, -0.15) is 0 Å². The molecule has 3 rings (SSSR count). The first-order valence-electron chi connectivity index (χ1n) is 7.16. The Hall–Kier alpha value is -1.48. The molecule has 1 heterocycles. The predicted molar refractivity (Wildman–Crippen MR) is 76.7 cm³/mol. The molecule has 0 spiro atoms. The van der Waals surface area contributed by atoms with Crippen molar-refractivity contribution in [3.8, 4) is 5.75 Å². The minimum absolute atomic E-state index is 0.539. The molecular weight excluding hydrogens is 238 g/mol. The number of aryl methyl sites for hydroxylation is 1. The van der Waals surface area contributed by atoms with Gasteiger partial charge in [0, 0.05) is 17.4 Å². The number of furan rings is 1. The van der Waals surface area contributed by atoms with Crippen LogP contribution < -0.4 is 10.5 Å². The fourth-order valence-corrected chi connectivity index (χ4v) is 2.87. The summed E-state index contributed by atoms with van der Waals surface area (Å²) in [5.74, 6) is 3.18. The summed E-state index contributed by atoms with van der Waals surface area (Å²) in [6.45, 7) is 5.58. The highest BCUT2D eigenvalue weighted by molar-refractivity contribution is 5.85. The van der Waals surface area contributed by atoms with E-state index in [4.69, 9.17) is 14.9 Å². The van der Waals surface area contributed by atoms with Gasteiger partial charge in [-0.1, -0.05) is 6.92 Å². The highest BCUT2D eigenvalue weighted by Crippen LogP contribution is 2.52. The van der Waals surface area contributed by atoms with Crippen LogP contribution in [0.25, 0.3) is 11.0 Å². The zero-order chi connectivity index (χ0) is 13.4. The molecule has 1 saturated carbocycles. The van der Waals surface area contributed by atoms with Gasteiger partial charge in [-0.15, -0.1) is 0 Å². The monoisotopic (exact) mass is 259 g/mol. The standard InChI is InChI=1S/C16H21NO2/c1-3-11-8-13-14(19-11)5-6-15(18-4-2)16(13)12-7-10(12)9-17/h5-6,8,10,12H,3-4,7,9,17H2,1-2H3/t10-,12+/m1/s1. The molecule has 0 unspecified atom stereocenters. The zero-order valence-corrected chi connectivity index (χ0v) is 11.6. The van der Waals surface area contributed by atoms with Crippen molar-refractivity contribution in [1.29, 1.82) is 0 Å². The van der Waals surface area contributed by atoms with Crippen molar-refractivity contribution >= 4 is 11.0 Å². The van der Waals surface area contributed by atoms with Crippen molar-refractivity contribution < 1.29 is 9.15 Å². The smallest absolute Gasteiger partial charge is 0.134 e. The first-order chi connectivity index (χ1) is 9.28. The van der Waals surface area contributed by atoms with Gasteiger partial charge >= 0.3 is 0 Å². The second-order valence-electron chi connectivity index (χ2n) is 5.23.